The summed E-state index contributed by atoms with van der Waals surface area (Å²) in [6.07, 6.45) is 0. The Hall–Kier alpha value is -2.86. The first kappa shape index (κ1) is 17.5. The molecule has 0 saturated heterocycles. The molecule has 0 unspecified atom stereocenters. The highest BCUT2D eigenvalue weighted by Crippen LogP contribution is 2.41. The second-order valence-corrected chi connectivity index (χ2v) is 7.13. The topological polar surface area (TPSA) is 32.7 Å². The van der Waals surface area contributed by atoms with Gasteiger partial charge < -0.3 is 0 Å². The number of hydrogen-bond donors (Lipinski definition) is 0. The van der Waals surface area contributed by atoms with Crippen molar-refractivity contribution < 1.29 is 13.6 Å². The summed E-state index contributed by atoms with van der Waals surface area (Å²) in [6.45, 7) is 2.33. The first-order valence-electron chi connectivity index (χ1n) is 8.54. The molecule has 0 spiro atoms. The fourth-order valence-corrected chi connectivity index (χ4v) is 4.09. The predicted molar refractivity (Wildman–Crippen MR) is 102 cm³/mol. The van der Waals surface area contributed by atoms with Gasteiger partial charge in [-0.15, -0.1) is 11.3 Å². The van der Waals surface area contributed by atoms with Gasteiger partial charge in [0, 0.05) is 6.54 Å². The number of aliphatic imine (C=N–C) groups is 1. The number of halogens is 2. The zero-order chi connectivity index (χ0) is 19.0. The van der Waals surface area contributed by atoms with Crippen LogP contribution in [0, 0.1) is 11.6 Å². The van der Waals surface area contributed by atoms with Gasteiger partial charge in [0.15, 0.2) is 5.54 Å². The normalized spacial score (nSPS) is 15.9. The second kappa shape index (κ2) is 6.70. The van der Waals surface area contributed by atoms with Crippen molar-refractivity contribution in [2.45, 2.75) is 12.5 Å². The van der Waals surface area contributed by atoms with E-state index in [-0.39, 0.29) is 5.91 Å². The Kier molecular flexibility index (Phi) is 4.36. The minimum absolute atomic E-state index is 0.230. The lowest BCUT2D eigenvalue weighted by Crippen LogP contribution is -2.41. The summed E-state index contributed by atoms with van der Waals surface area (Å²) in [5.74, 6) is -0.445. The molecule has 0 saturated carbocycles. The van der Waals surface area contributed by atoms with Gasteiger partial charge in [0.05, 0.1) is 4.88 Å². The summed E-state index contributed by atoms with van der Waals surface area (Å²) in [5.41, 5.74) is -0.271. The molecule has 2 heterocycles. The number of thiophene rings is 1. The van der Waals surface area contributed by atoms with Gasteiger partial charge in [-0.05, 0) is 53.8 Å². The highest BCUT2D eigenvalue weighted by molar-refractivity contribution is 7.12. The fraction of sp³-hybridized carbons (Fsp3) is 0.143. The fourth-order valence-electron chi connectivity index (χ4n) is 3.37. The largest absolute Gasteiger partial charge is 0.293 e. The summed E-state index contributed by atoms with van der Waals surface area (Å²) in [5, 5.41) is 1.92. The Bertz CT molecular complexity index is 950. The maximum absolute atomic E-state index is 13.6. The van der Waals surface area contributed by atoms with Crippen LogP contribution in [-0.2, 0) is 10.3 Å². The van der Waals surface area contributed by atoms with E-state index in [1.165, 1.54) is 35.6 Å². The van der Waals surface area contributed by atoms with Crippen LogP contribution in [0.3, 0.4) is 0 Å². The summed E-state index contributed by atoms with van der Waals surface area (Å²) < 4.78 is 27.0. The monoisotopic (exact) mass is 382 g/mol. The molecule has 4 rings (SSSR count). The maximum atomic E-state index is 13.6. The molecule has 2 aromatic carbocycles. The third-order valence-electron chi connectivity index (χ3n) is 4.67. The van der Waals surface area contributed by atoms with Crippen LogP contribution in [0.2, 0.25) is 0 Å². The first-order valence-corrected chi connectivity index (χ1v) is 9.42. The Labute approximate surface area is 159 Å². The van der Waals surface area contributed by atoms with Crippen LogP contribution < -0.4 is 0 Å². The number of amides is 1. The van der Waals surface area contributed by atoms with Crippen LogP contribution in [0.15, 0.2) is 71.0 Å². The minimum atomic E-state index is -1.36. The van der Waals surface area contributed by atoms with Crippen LogP contribution in [0.25, 0.3) is 0 Å². The minimum Gasteiger partial charge on any atom is -0.293 e. The molecule has 0 fully saturated rings. The zero-order valence-electron chi connectivity index (χ0n) is 14.5. The molecule has 0 atom stereocenters. The van der Waals surface area contributed by atoms with Gasteiger partial charge in [0.25, 0.3) is 5.91 Å². The molecule has 1 aliphatic rings. The summed E-state index contributed by atoms with van der Waals surface area (Å²) in [7, 11) is 0. The van der Waals surface area contributed by atoms with Gasteiger partial charge in [-0.1, -0.05) is 30.3 Å². The number of nitrogens with zero attached hydrogens (tertiary/aromatic N) is 2. The van der Waals surface area contributed by atoms with Crippen molar-refractivity contribution in [2.75, 3.05) is 6.54 Å². The van der Waals surface area contributed by atoms with Crippen LogP contribution in [0.4, 0.5) is 8.78 Å². The zero-order valence-corrected chi connectivity index (χ0v) is 15.3. The summed E-state index contributed by atoms with van der Waals surface area (Å²) in [6, 6.07) is 15.3. The van der Waals surface area contributed by atoms with Crippen molar-refractivity contribution in [1.29, 1.82) is 0 Å². The van der Waals surface area contributed by atoms with Crippen LogP contribution in [-0.4, -0.2) is 23.2 Å². The molecule has 0 bridgehead atoms. The van der Waals surface area contributed by atoms with Crippen molar-refractivity contribution in [3.05, 3.63) is 93.7 Å². The highest BCUT2D eigenvalue weighted by Gasteiger charge is 2.51. The van der Waals surface area contributed by atoms with Crippen LogP contribution in [0.1, 0.15) is 22.9 Å². The van der Waals surface area contributed by atoms with E-state index in [1.807, 2.05) is 24.4 Å². The van der Waals surface area contributed by atoms with Crippen molar-refractivity contribution in [2.24, 2.45) is 4.99 Å². The molecule has 1 aliphatic heterocycles. The molecule has 6 heteroatoms. The SMILES string of the molecule is CCN1C(=O)C(c2ccc(F)cc2)(c2ccc(F)cc2)N=C1c1cccs1. The third kappa shape index (κ3) is 2.77. The molecule has 27 heavy (non-hydrogen) atoms. The van der Waals surface area contributed by atoms with E-state index in [2.05, 4.69) is 0 Å². The molecule has 0 aliphatic carbocycles. The average molecular weight is 382 g/mol. The van der Waals surface area contributed by atoms with Gasteiger partial charge in [-0.25, -0.2) is 13.8 Å². The number of carbonyl (C=O) groups excluding carboxylic acids is 1. The van der Waals surface area contributed by atoms with E-state index < -0.39 is 17.2 Å². The Morgan fingerprint density at radius 1 is 0.963 bits per heavy atom. The lowest BCUT2D eigenvalue weighted by atomic mass is 9.83. The van der Waals surface area contributed by atoms with E-state index >= 15 is 0 Å². The molecular weight excluding hydrogens is 366 g/mol. The first-order chi connectivity index (χ1) is 13.1. The molecule has 0 radical (unpaired) electrons. The van der Waals surface area contributed by atoms with Gasteiger partial charge in [0.1, 0.15) is 17.5 Å². The predicted octanol–water partition coefficient (Wildman–Crippen LogP) is 4.58. The number of hydrogen-bond acceptors (Lipinski definition) is 3. The van der Waals surface area contributed by atoms with E-state index in [0.717, 1.165) is 4.88 Å². The summed E-state index contributed by atoms with van der Waals surface area (Å²) in [4.78, 5) is 20.9. The number of amidine groups is 1. The number of rotatable bonds is 4. The second-order valence-electron chi connectivity index (χ2n) is 6.19. The van der Waals surface area contributed by atoms with Crippen molar-refractivity contribution in [3.63, 3.8) is 0 Å². The summed E-state index contributed by atoms with van der Waals surface area (Å²) >= 11 is 1.49. The van der Waals surface area contributed by atoms with Crippen LogP contribution in [0.5, 0.6) is 0 Å². The molecule has 1 amide bonds. The molecule has 1 aromatic heterocycles. The van der Waals surface area contributed by atoms with Crippen molar-refractivity contribution >= 4 is 23.1 Å². The van der Waals surface area contributed by atoms with Gasteiger partial charge in [-0.2, -0.15) is 0 Å². The standard InChI is InChI=1S/C21H16F2N2OS/c1-2-25-19(18-4-3-13-27-18)24-21(20(25)26,14-5-9-16(22)10-6-14)15-7-11-17(23)12-8-15/h3-13H,2H2,1H3. The number of benzene rings is 2. The molecule has 3 nitrogen and oxygen atoms in total. The lowest BCUT2D eigenvalue weighted by Gasteiger charge is -2.27. The smallest absolute Gasteiger partial charge is 0.265 e. The Balaban J connectivity index is 1.99. The van der Waals surface area contributed by atoms with Crippen molar-refractivity contribution in [3.8, 4) is 0 Å². The maximum Gasteiger partial charge on any atom is 0.265 e. The average Bonchev–Trinajstić information content (AvgIpc) is 3.30. The Morgan fingerprint density at radius 3 is 1.96 bits per heavy atom. The van der Waals surface area contributed by atoms with Gasteiger partial charge in [-0.3, -0.25) is 9.69 Å². The van der Waals surface area contributed by atoms with Crippen molar-refractivity contribution in [1.82, 2.24) is 4.90 Å². The van der Waals surface area contributed by atoms with E-state index in [0.29, 0.717) is 23.5 Å². The van der Waals surface area contributed by atoms with Gasteiger partial charge in [0.2, 0.25) is 0 Å². The highest BCUT2D eigenvalue weighted by atomic mass is 32.1. The molecular formula is C21H16F2N2OS. The quantitative estimate of drug-likeness (QED) is 0.650. The molecule has 0 N–H and O–H groups in total. The van der Waals surface area contributed by atoms with Crippen LogP contribution >= 0.6 is 11.3 Å². The molecule has 3 aromatic rings. The lowest BCUT2D eigenvalue weighted by molar-refractivity contribution is -0.130. The number of likely N-dealkylation sites (N-methyl/N-ethyl adjacent to an activating group) is 1. The van der Waals surface area contributed by atoms with Gasteiger partial charge >= 0.3 is 0 Å². The van der Waals surface area contributed by atoms with E-state index in [9.17, 15) is 13.6 Å². The third-order valence-corrected chi connectivity index (χ3v) is 5.53. The Morgan fingerprint density at radius 2 is 1.52 bits per heavy atom. The van der Waals surface area contributed by atoms with E-state index in [1.54, 1.807) is 29.2 Å². The molecule has 136 valence electrons. The number of carbonyl (C=O) groups is 1. The van der Waals surface area contributed by atoms with E-state index in [4.69, 9.17) is 4.99 Å².